The fourth-order valence-corrected chi connectivity index (χ4v) is 2.92. The van der Waals surface area contributed by atoms with Crippen LogP contribution in [0.25, 0.3) is 0 Å². The highest BCUT2D eigenvalue weighted by atomic mass is 79.9. The van der Waals surface area contributed by atoms with Crippen molar-refractivity contribution in [2.75, 3.05) is 14.2 Å². The molecule has 0 aliphatic carbocycles. The van der Waals surface area contributed by atoms with E-state index in [4.69, 9.17) is 4.74 Å². The van der Waals surface area contributed by atoms with Gasteiger partial charge in [0, 0.05) is 21.9 Å². The molecule has 1 atom stereocenters. The van der Waals surface area contributed by atoms with Crippen molar-refractivity contribution in [3.63, 3.8) is 0 Å². The van der Waals surface area contributed by atoms with Gasteiger partial charge in [0.2, 0.25) is 0 Å². The van der Waals surface area contributed by atoms with Crippen molar-refractivity contribution < 1.29 is 4.74 Å². The molecule has 112 valence electrons. The Bertz CT molecular complexity index is 608. The van der Waals surface area contributed by atoms with Crippen LogP contribution in [0.1, 0.15) is 28.6 Å². The van der Waals surface area contributed by atoms with Crippen LogP contribution in [0.15, 0.2) is 34.8 Å². The summed E-state index contributed by atoms with van der Waals surface area (Å²) in [5, 5.41) is 3.40. The molecule has 2 aromatic rings. The van der Waals surface area contributed by atoms with E-state index in [1.54, 1.807) is 7.11 Å². The lowest BCUT2D eigenvalue weighted by molar-refractivity contribution is 0.414. The van der Waals surface area contributed by atoms with Crippen molar-refractivity contribution in [2.45, 2.75) is 26.3 Å². The monoisotopic (exact) mass is 348 g/mol. The number of pyridine rings is 1. The topological polar surface area (TPSA) is 34.1 Å². The van der Waals surface area contributed by atoms with Crippen LogP contribution in [0.3, 0.4) is 0 Å². The number of aromatic nitrogens is 1. The normalized spacial score (nSPS) is 12.2. The zero-order chi connectivity index (χ0) is 15.4. The number of likely N-dealkylation sites (N-methyl/N-ethyl adjacent to an activating group) is 1. The van der Waals surface area contributed by atoms with E-state index < -0.39 is 0 Å². The van der Waals surface area contributed by atoms with E-state index in [-0.39, 0.29) is 6.04 Å². The number of nitrogens with one attached hydrogen (secondary N) is 1. The minimum absolute atomic E-state index is 0.244. The minimum Gasteiger partial charge on any atom is -0.497 e. The van der Waals surface area contributed by atoms with Gasteiger partial charge in [-0.05, 0) is 68.8 Å². The van der Waals surface area contributed by atoms with Crippen molar-refractivity contribution in [3.8, 4) is 5.75 Å². The summed E-state index contributed by atoms with van der Waals surface area (Å²) >= 11 is 3.62. The lowest BCUT2D eigenvalue weighted by Gasteiger charge is -2.19. The fraction of sp³-hybridized carbons (Fsp3) is 0.353. The molecule has 1 aromatic carbocycles. The molecule has 0 amide bonds. The average Bonchev–Trinajstić information content (AvgIpc) is 2.45. The summed E-state index contributed by atoms with van der Waals surface area (Å²) in [6.07, 6.45) is 0.886. The number of methoxy groups -OCH3 is 1. The molecule has 1 heterocycles. The van der Waals surface area contributed by atoms with E-state index in [0.717, 1.165) is 28.0 Å². The zero-order valence-corrected chi connectivity index (χ0v) is 14.5. The SMILES string of the molecule is CNC(Cc1cc(OC)ccc1Br)c1cc(C)nc(C)c1. The lowest BCUT2D eigenvalue weighted by Crippen LogP contribution is -2.19. The highest BCUT2D eigenvalue weighted by Crippen LogP contribution is 2.27. The Kier molecular flexibility index (Phi) is 5.37. The van der Waals surface area contributed by atoms with Gasteiger partial charge in [0.1, 0.15) is 5.75 Å². The van der Waals surface area contributed by atoms with Gasteiger partial charge in [0.05, 0.1) is 7.11 Å². The van der Waals surface area contributed by atoms with E-state index in [0.29, 0.717) is 0 Å². The van der Waals surface area contributed by atoms with Crippen molar-refractivity contribution in [1.82, 2.24) is 10.3 Å². The molecule has 21 heavy (non-hydrogen) atoms. The number of halogens is 1. The van der Waals surface area contributed by atoms with Crippen LogP contribution in [0.5, 0.6) is 5.75 Å². The number of hydrogen-bond donors (Lipinski definition) is 1. The first-order valence-electron chi connectivity index (χ1n) is 6.98. The molecule has 0 spiro atoms. The van der Waals surface area contributed by atoms with Crippen molar-refractivity contribution in [3.05, 3.63) is 57.3 Å². The van der Waals surface area contributed by atoms with Crippen LogP contribution < -0.4 is 10.1 Å². The molecule has 1 unspecified atom stereocenters. The van der Waals surface area contributed by atoms with Crippen molar-refractivity contribution in [1.29, 1.82) is 0 Å². The standard InChI is InChI=1S/C17H21BrN2O/c1-11-7-14(8-12(2)20-11)17(19-3)10-13-9-15(21-4)5-6-16(13)18/h5-9,17,19H,10H2,1-4H3. The fourth-order valence-electron chi connectivity index (χ4n) is 2.51. The molecule has 4 heteroatoms. The third kappa shape index (κ3) is 4.05. The molecular weight excluding hydrogens is 328 g/mol. The number of aryl methyl sites for hydroxylation is 2. The Morgan fingerprint density at radius 1 is 1.19 bits per heavy atom. The van der Waals surface area contributed by atoms with Gasteiger partial charge in [-0.15, -0.1) is 0 Å². The minimum atomic E-state index is 0.244. The number of rotatable bonds is 5. The van der Waals surface area contributed by atoms with Crippen LogP contribution in [0.4, 0.5) is 0 Å². The third-order valence-corrected chi connectivity index (χ3v) is 4.31. The predicted octanol–water partition coefficient (Wildman–Crippen LogP) is 3.97. The summed E-state index contributed by atoms with van der Waals surface area (Å²) in [5.74, 6) is 0.880. The number of ether oxygens (including phenoxy) is 1. The first-order chi connectivity index (χ1) is 10.0. The summed E-state index contributed by atoms with van der Waals surface area (Å²) in [6.45, 7) is 4.06. The summed E-state index contributed by atoms with van der Waals surface area (Å²) in [5.41, 5.74) is 4.59. The van der Waals surface area contributed by atoms with Crippen molar-refractivity contribution in [2.24, 2.45) is 0 Å². The summed E-state index contributed by atoms with van der Waals surface area (Å²) in [7, 11) is 3.68. The molecule has 3 nitrogen and oxygen atoms in total. The first kappa shape index (κ1) is 16.0. The first-order valence-corrected chi connectivity index (χ1v) is 7.77. The zero-order valence-electron chi connectivity index (χ0n) is 12.9. The molecule has 0 bridgehead atoms. The van der Waals surface area contributed by atoms with Gasteiger partial charge in [-0.2, -0.15) is 0 Å². The van der Waals surface area contributed by atoms with Crippen LogP contribution in [-0.2, 0) is 6.42 Å². The van der Waals surface area contributed by atoms with Crippen LogP contribution in [0, 0.1) is 13.8 Å². The van der Waals surface area contributed by atoms with Gasteiger partial charge in [-0.25, -0.2) is 0 Å². The van der Waals surface area contributed by atoms with E-state index >= 15 is 0 Å². The smallest absolute Gasteiger partial charge is 0.119 e. The molecule has 1 N–H and O–H groups in total. The van der Waals surface area contributed by atoms with Gasteiger partial charge in [-0.3, -0.25) is 4.98 Å². The summed E-state index contributed by atoms with van der Waals surface area (Å²) < 4.78 is 6.42. The Morgan fingerprint density at radius 3 is 2.43 bits per heavy atom. The quantitative estimate of drug-likeness (QED) is 0.887. The Morgan fingerprint density at radius 2 is 1.86 bits per heavy atom. The van der Waals surface area contributed by atoms with Gasteiger partial charge in [-0.1, -0.05) is 15.9 Å². The maximum Gasteiger partial charge on any atom is 0.119 e. The van der Waals surface area contributed by atoms with E-state index in [1.807, 2.05) is 33.0 Å². The summed E-state index contributed by atoms with van der Waals surface area (Å²) in [6, 6.07) is 10.6. The van der Waals surface area contributed by atoms with Gasteiger partial charge < -0.3 is 10.1 Å². The largest absolute Gasteiger partial charge is 0.497 e. The number of nitrogens with zero attached hydrogens (tertiary/aromatic N) is 1. The lowest BCUT2D eigenvalue weighted by atomic mass is 9.98. The molecular formula is C17H21BrN2O. The van der Waals surface area contributed by atoms with E-state index in [1.165, 1.54) is 11.1 Å². The van der Waals surface area contributed by atoms with Crippen molar-refractivity contribution >= 4 is 15.9 Å². The molecule has 0 fully saturated rings. The maximum atomic E-state index is 5.32. The summed E-state index contributed by atoms with van der Waals surface area (Å²) in [4.78, 5) is 4.45. The van der Waals surface area contributed by atoms with Crippen LogP contribution in [0.2, 0.25) is 0 Å². The van der Waals surface area contributed by atoms with E-state index in [9.17, 15) is 0 Å². The molecule has 0 saturated carbocycles. The Hall–Kier alpha value is -1.39. The average molecular weight is 349 g/mol. The maximum absolute atomic E-state index is 5.32. The molecule has 0 aliphatic rings. The second-order valence-corrected chi connectivity index (χ2v) is 6.04. The second-order valence-electron chi connectivity index (χ2n) is 5.19. The highest BCUT2D eigenvalue weighted by molar-refractivity contribution is 9.10. The van der Waals surface area contributed by atoms with Gasteiger partial charge in [0.15, 0.2) is 0 Å². The van der Waals surface area contributed by atoms with Gasteiger partial charge >= 0.3 is 0 Å². The number of hydrogen-bond acceptors (Lipinski definition) is 3. The molecule has 0 saturated heterocycles. The third-order valence-electron chi connectivity index (χ3n) is 3.53. The Balaban J connectivity index is 2.30. The highest BCUT2D eigenvalue weighted by Gasteiger charge is 2.14. The van der Waals surface area contributed by atoms with Crippen LogP contribution >= 0.6 is 15.9 Å². The Labute approximate surface area is 134 Å². The molecule has 1 aromatic heterocycles. The second kappa shape index (κ2) is 7.05. The van der Waals surface area contributed by atoms with Gasteiger partial charge in [0.25, 0.3) is 0 Å². The molecule has 0 aliphatic heterocycles. The number of benzene rings is 1. The molecule has 0 radical (unpaired) electrons. The van der Waals surface area contributed by atoms with Crippen LogP contribution in [-0.4, -0.2) is 19.1 Å². The molecule has 2 rings (SSSR count). The van der Waals surface area contributed by atoms with E-state index in [2.05, 4.69) is 44.4 Å². The predicted molar refractivity (Wildman–Crippen MR) is 89.9 cm³/mol.